The number of fused-ring (bicyclic) bond motifs is 1. The second-order valence-corrected chi connectivity index (χ2v) is 8.21. The van der Waals surface area contributed by atoms with E-state index in [0.29, 0.717) is 6.54 Å². The number of thiazole rings is 1. The van der Waals surface area contributed by atoms with Crippen LogP contribution in [0.5, 0.6) is 0 Å². The van der Waals surface area contributed by atoms with Gasteiger partial charge < -0.3 is 19.4 Å². The molecule has 0 bridgehead atoms. The quantitative estimate of drug-likeness (QED) is 0.521. The van der Waals surface area contributed by atoms with Gasteiger partial charge in [-0.15, -0.1) is 11.3 Å². The van der Waals surface area contributed by atoms with Crippen LogP contribution in [0.4, 0.5) is 5.69 Å². The summed E-state index contributed by atoms with van der Waals surface area (Å²) in [6.45, 7) is 3.64. The molecule has 3 heterocycles. The number of ether oxygens (including phenoxy) is 1. The Morgan fingerprint density at radius 2 is 1.97 bits per heavy atom. The monoisotopic (exact) mass is 420 g/mol. The summed E-state index contributed by atoms with van der Waals surface area (Å²) in [4.78, 5) is 18.4. The normalized spacial score (nSPS) is 14.8. The molecule has 152 valence electrons. The molecule has 0 radical (unpaired) electrons. The fraction of sp³-hybridized carbons (Fsp3) is 0.217. The summed E-state index contributed by atoms with van der Waals surface area (Å²) in [7, 11) is 0. The molecule has 30 heavy (non-hydrogen) atoms. The Balaban J connectivity index is 1.31. The average Bonchev–Trinajstić information content (AvgIpc) is 3.42. The van der Waals surface area contributed by atoms with Crippen LogP contribution in [0.2, 0.25) is 0 Å². The van der Waals surface area contributed by atoms with Gasteiger partial charge in [-0.1, -0.05) is 30.3 Å². The minimum atomic E-state index is 0.0196. The molecule has 6 nitrogen and oxygen atoms in total. The van der Waals surface area contributed by atoms with Crippen molar-refractivity contribution in [3.05, 3.63) is 60.0 Å². The predicted molar refractivity (Wildman–Crippen MR) is 118 cm³/mol. The van der Waals surface area contributed by atoms with E-state index in [4.69, 9.17) is 14.1 Å². The van der Waals surface area contributed by atoms with Gasteiger partial charge >= 0.3 is 0 Å². The van der Waals surface area contributed by atoms with Crippen LogP contribution in [0, 0.1) is 0 Å². The first kappa shape index (κ1) is 19.0. The Bertz CT molecular complexity index is 1140. The number of nitrogens with one attached hydrogen (secondary N) is 2. The summed E-state index contributed by atoms with van der Waals surface area (Å²) in [5, 5.41) is 6.97. The van der Waals surface area contributed by atoms with Gasteiger partial charge in [0.2, 0.25) is 0 Å². The number of furan rings is 1. The Hall–Kier alpha value is -3.00. The number of hydrogen-bond acceptors (Lipinski definition) is 5. The molecular formula is C23H22N3O3S+. The van der Waals surface area contributed by atoms with Crippen LogP contribution in [0.3, 0.4) is 0 Å². The first-order valence-corrected chi connectivity index (χ1v) is 10.9. The van der Waals surface area contributed by atoms with Gasteiger partial charge in [0.15, 0.2) is 12.3 Å². The maximum absolute atomic E-state index is 12.4. The zero-order valence-corrected chi connectivity index (χ0v) is 17.2. The Morgan fingerprint density at radius 1 is 1.10 bits per heavy atom. The Morgan fingerprint density at radius 3 is 2.83 bits per heavy atom. The summed E-state index contributed by atoms with van der Waals surface area (Å²) in [5.74, 6) is 0.780. The van der Waals surface area contributed by atoms with Gasteiger partial charge in [-0.3, -0.25) is 4.79 Å². The van der Waals surface area contributed by atoms with Crippen LogP contribution in [-0.4, -0.2) is 43.7 Å². The van der Waals surface area contributed by atoms with E-state index in [1.54, 1.807) is 11.3 Å². The van der Waals surface area contributed by atoms with Crippen molar-refractivity contribution >= 4 is 33.9 Å². The van der Waals surface area contributed by atoms with Gasteiger partial charge in [0.1, 0.15) is 29.4 Å². The third kappa shape index (κ3) is 4.14. The molecule has 2 N–H and O–H groups in total. The lowest BCUT2D eigenvalue weighted by atomic mass is 10.2. The molecule has 0 unspecified atom stereocenters. The van der Waals surface area contributed by atoms with Gasteiger partial charge in [-0.25, -0.2) is 4.98 Å². The third-order valence-electron chi connectivity index (χ3n) is 5.19. The van der Waals surface area contributed by atoms with Gasteiger partial charge in [0.25, 0.3) is 5.91 Å². The van der Waals surface area contributed by atoms with Crippen LogP contribution >= 0.6 is 11.3 Å². The SMILES string of the molecule is O=C(C[NH+]1CCOCC1)Nc1cccc(-c2nc(-c3cc4ccccc4o3)cs2)c1. The molecule has 0 saturated carbocycles. The maximum Gasteiger partial charge on any atom is 0.279 e. The minimum Gasteiger partial charge on any atom is -0.454 e. The molecule has 1 aliphatic heterocycles. The Kier molecular flexibility index (Phi) is 5.31. The predicted octanol–water partition coefficient (Wildman–Crippen LogP) is 3.08. The van der Waals surface area contributed by atoms with E-state index >= 15 is 0 Å². The number of nitrogens with zero attached hydrogens (tertiary/aromatic N) is 1. The highest BCUT2D eigenvalue weighted by Crippen LogP contribution is 2.32. The number of morpholine rings is 1. The number of carbonyl (C=O) groups excluding carboxylic acids is 1. The number of quaternary nitrogens is 1. The summed E-state index contributed by atoms with van der Waals surface area (Å²) in [6, 6.07) is 17.8. The lowest BCUT2D eigenvalue weighted by molar-refractivity contribution is -0.899. The zero-order valence-electron chi connectivity index (χ0n) is 16.4. The zero-order chi connectivity index (χ0) is 20.3. The van der Waals surface area contributed by atoms with E-state index in [1.165, 1.54) is 4.90 Å². The lowest BCUT2D eigenvalue weighted by Crippen LogP contribution is -3.15. The van der Waals surface area contributed by atoms with E-state index in [9.17, 15) is 4.79 Å². The smallest absolute Gasteiger partial charge is 0.279 e. The molecular weight excluding hydrogens is 398 g/mol. The maximum atomic E-state index is 12.4. The highest BCUT2D eigenvalue weighted by molar-refractivity contribution is 7.13. The molecule has 7 heteroatoms. The standard InChI is InChI=1S/C23H21N3O3S/c27-22(14-26-8-10-28-11-9-26)24-18-6-3-5-17(12-18)23-25-19(15-30-23)21-13-16-4-1-2-7-20(16)29-21/h1-7,12-13,15H,8-11,14H2,(H,24,27)/p+1. The summed E-state index contributed by atoms with van der Waals surface area (Å²) >= 11 is 1.56. The Labute approximate surface area is 178 Å². The molecule has 2 aromatic carbocycles. The minimum absolute atomic E-state index is 0.0196. The van der Waals surface area contributed by atoms with Gasteiger partial charge in [0.05, 0.1) is 13.2 Å². The summed E-state index contributed by atoms with van der Waals surface area (Å²) in [5.41, 5.74) is 3.43. The number of para-hydroxylation sites is 1. The largest absolute Gasteiger partial charge is 0.454 e. The number of amides is 1. The molecule has 4 aromatic rings. The van der Waals surface area contributed by atoms with Crippen molar-refractivity contribution in [2.75, 3.05) is 38.2 Å². The summed E-state index contributed by atoms with van der Waals surface area (Å²) in [6.07, 6.45) is 0. The number of hydrogen-bond donors (Lipinski definition) is 2. The van der Waals surface area contributed by atoms with Gasteiger partial charge in [-0.05, 0) is 24.3 Å². The van der Waals surface area contributed by atoms with Crippen molar-refractivity contribution in [1.29, 1.82) is 0 Å². The van der Waals surface area contributed by atoms with Crippen molar-refractivity contribution in [2.45, 2.75) is 0 Å². The van der Waals surface area contributed by atoms with Crippen LogP contribution in [0.15, 0.2) is 64.4 Å². The van der Waals surface area contributed by atoms with Gasteiger partial charge in [0, 0.05) is 22.0 Å². The van der Waals surface area contributed by atoms with Crippen LogP contribution in [-0.2, 0) is 9.53 Å². The molecule has 1 fully saturated rings. The van der Waals surface area contributed by atoms with Crippen molar-refractivity contribution in [2.24, 2.45) is 0 Å². The van der Waals surface area contributed by atoms with Gasteiger partial charge in [-0.2, -0.15) is 0 Å². The average molecular weight is 421 g/mol. The number of aromatic nitrogens is 1. The van der Waals surface area contributed by atoms with E-state index < -0.39 is 0 Å². The third-order valence-corrected chi connectivity index (χ3v) is 6.08. The van der Waals surface area contributed by atoms with Crippen molar-refractivity contribution in [1.82, 2.24) is 4.98 Å². The first-order chi connectivity index (χ1) is 14.7. The van der Waals surface area contributed by atoms with Crippen molar-refractivity contribution < 1.29 is 18.8 Å². The van der Waals surface area contributed by atoms with E-state index in [2.05, 4.69) is 5.32 Å². The number of rotatable bonds is 5. The topological polar surface area (TPSA) is 68.8 Å². The highest BCUT2D eigenvalue weighted by atomic mass is 32.1. The number of carbonyl (C=O) groups is 1. The first-order valence-electron chi connectivity index (χ1n) is 10.0. The van der Waals surface area contributed by atoms with Crippen LogP contribution < -0.4 is 10.2 Å². The van der Waals surface area contributed by atoms with E-state index in [1.807, 2.05) is 60.0 Å². The van der Waals surface area contributed by atoms with Crippen molar-refractivity contribution in [3.8, 4) is 22.0 Å². The molecule has 0 atom stereocenters. The highest BCUT2D eigenvalue weighted by Gasteiger charge is 2.18. The molecule has 5 rings (SSSR count). The van der Waals surface area contributed by atoms with E-state index in [-0.39, 0.29) is 5.91 Å². The molecule has 0 spiro atoms. The molecule has 2 aromatic heterocycles. The van der Waals surface area contributed by atoms with E-state index in [0.717, 1.165) is 65.0 Å². The fourth-order valence-corrected chi connectivity index (χ4v) is 4.43. The van der Waals surface area contributed by atoms with Crippen molar-refractivity contribution in [3.63, 3.8) is 0 Å². The van der Waals surface area contributed by atoms with Crippen LogP contribution in [0.25, 0.3) is 33.0 Å². The fourth-order valence-electron chi connectivity index (χ4n) is 3.63. The number of benzene rings is 2. The molecule has 0 aliphatic carbocycles. The number of anilines is 1. The second kappa shape index (κ2) is 8.39. The lowest BCUT2D eigenvalue weighted by Gasteiger charge is -2.23. The summed E-state index contributed by atoms with van der Waals surface area (Å²) < 4.78 is 11.3. The molecule has 1 amide bonds. The molecule has 1 saturated heterocycles. The van der Waals surface area contributed by atoms with Crippen LogP contribution in [0.1, 0.15) is 0 Å². The second-order valence-electron chi connectivity index (χ2n) is 7.35. The molecule has 1 aliphatic rings.